The van der Waals surface area contributed by atoms with E-state index in [0.29, 0.717) is 0 Å². The smallest absolute Gasteiger partial charge is 0.810 e. The summed E-state index contributed by atoms with van der Waals surface area (Å²) < 4.78 is 19.7. The molecule has 0 amide bonds. The van der Waals surface area contributed by atoms with Gasteiger partial charge in [-0.2, -0.15) is 0 Å². The molecule has 15 heavy (non-hydrogen) atoms. The van der Waals surface area contributed by atoms with Gasteiger partial charge in [0, 0.05) is 12.6 Å². The fourth-order valence-electron chi connectivity index (χ4n) is 0.324. The van der Waals surface area contributed by atoms with Gasteiger partial charge < -0.3 is 34.0 Å². The molecule has 0 aromatic heterocycles. The summed E-state index contributed by atoms with van der Waals surface area (Å²) in [5, 5.41) is 1.69. The van der Waals surface area contributed by atoms with Gasteiger partial charge in [-0.25, -0.2) is 0 Å². The van der Waals surface area contributed by atoms with E-state index in [0.717, 1.165) is 0 Å². The Bertz CT molecular complexity index is 193. The molecule has 0 atom stereocenters. The maximum atomic E-state index is 9.83. The van der Waals surface area contributed by atoms with Gasteiger partial charge in [0.05, 0.1) is 0 Å². The summed E-state index contributed by atoms with van der Waals surface area (Å²) in [6.07, 6.45) is -2.05. The van der Waals surface area contributed by atoms with Crippen LogP contribution >= 0.6 is 15.2 Å². The molecule has 1 N–H and O–H groups in total. The van der Waals surface area contributed by atoms with Crippen molar-refractivity contribution in [3.05, 3.63) is 0 Å². The molecule has 0 heterocycles. The summed E-state index contributed by atoms with van der Waals surface area (Å²) in [5.41, 5.74) is 0. The number of nitrogens with one attached hydrogen (secondary N) is 1. The zero-order valence-corrected chi connectivity index (χ0v) is 19.0. The van der Waals surface area contributed by atoms with Crippen molar-refractivity contribution in [1.82, 2.24) is 5.32 Å². The van der Waals surface area contributed by atoms with Gasteiger partial charge in [-0.15, -0.1) is 0 Å². The predicted octanol–water partition coefficient (Wildman–Crippen LogP) is -15.7. The average Bonchev–Trinajstić information content (AvgIpc) is 1.55. The first-order chi connectivity index (χ1) is 4.71. The minimum Gasteiger partial charge on any atom is -0.810 e. The Morgan fingerprint density at radius 3 is 1.07 bits per heavy atom. The molecule has 0 bridgehead atoms. The molecule has 0 spiro atoms. The Hall–Kier alpha value is 4.26. The fourth-order valence-corrected chi connectivity index (χ4v) is 1.27. The van der Waals surface area contributed by atoms with Crippen LogP contribution in [0.1, 0.15) is 0 Å². The molecule has 0 rings (SSSR count). The number of hydrogen-bond acceptors (Lipinski definition) is 7. The largest absolute Gasteiger partial charge is 1.00 e. The van der Waals surface area contributed by atoms with Gasteiger partial charge in [-0.05, 0) is 0 Å². The predicted molar refractivity (Wildman–Crippen MR) is 28.1 cm³/mol. The van der Waals surface area contributed by atoms with Gasteiger partial charge in [-0.1, -0.05) is 15.2 Å². The van der Waals surface area contributed by atoms with E-state index in [1.54, 1.807) is 5.32 Å². The second kappa shape index (κ2) is 14.7. The molecule has 0 radical (unpaired) electrons. The number of rotatable bonds is 4. The van der Waals surface area contributed by atoms with Gasteiger partial charge in [-0.3, -0.25) is 0 Å². The standard InChI is InChI=1S/C2H9NO6P2.4Na/c4-10(5,6)1-3-2-11(7,8)9;;;;/h3H,1-2H2,(H2,4,5,6)(H2,7,8,9);;;;/q;4*+1/p-4. The van der Waals surface area contributed by atoms with Crippen LogP contribution in [-0.2, 0) is 9.13 Å². The Balaban J connectivity index is -0.0000000833. The van der Waals surface area contributed by atoms with Crippen LogP contribution in [0.3, 0.4) is 0 Å². The summed E-state index contributed by atoms with van der Waals surface area (Å²) in [4.78, 5) is 39.3. The second-order valence-corrected chi connectivity index (χ2v) is 4.86. The summed E-state index contributed by atoms with van der Waals surface area (Å²) in [6.45, 7) is 0. The fraction of sp³-hybridized carbons (Fsp3) is 1.00. The van der Waals surface area contributed by atoms with Crippen molar-refractivity contribution < 1.29 is 147 Å². The van der Waals surface area contributed by atoms with E-state index in [9.17, 15) is 28.7 Å². The zero-order valence-electron chi connectivity index (χ0n) is 9.26. The van der Waals surface area contributed by atoms with Crippen molar-refractivity contribution in [1.29, 1.82) is 0 Å². The van der Waals surface area contributed by atoms with Gasteiger partial charge in [0.15, 0.2) is 0 Å². The summed E-state index contributed by atoms with van der Waals surface area (Å²) in [5.74, 6) is 0. The van der Waals surface area contributed by atoms with Crippen molar-refractivity contribution in [2.45, 2.75) is 0 Å². The Labute approximate surface area is 176 Å². The SMILES string of the molecule is O=P([O-])([O-])CNCP(=O)([O-])[O-].[Na+].[Na+].[Na+].[Na+]. The zero-order chi connectivity index (χ0) is 9.12. The molecule has 13 heteroatoms. The molecular formula is C2H5NNa4O6P2. The molecular weight excluding hydrogens is 288 g/mol. The monoisotopic (exact) mass is 293 g/mol. The summed E-state index contributed by atoms with van der Waals surface area (Å²) in [6, 6.07) is 0. The number of hydrogen-bond donors (Lipinski definition) is 1. The maximum absolute atomic E-state index is 9.83. The van der Waals surface area contributed by atoms with Crippen LogP contribution in [0.25, 0.3) is 0 Å². The van der Waals surface area contributed by atoms with Crippen molar-refractivity contribution in [3.63, 3.8) is 0 Å². The van der Waals surface area contributed by atoms with E-state index in [1.165, 1.54) is 0 Å². The summed E-state index contributed by atoms with van der Waals surface area (Å²) >= 11 is 0. The Morgan fingerprint density at radius 1 is 0.733 bits per heavy atom. The normalized spacial score (nSPS) is 9.87. The van der Waals surface area contributed by atoms with Gasteiger partial charge >= 0.3 is 118 Å². The van der Waals surface area contributed by atoms with E-state index in [-0.39, 0.29) is 118 Å². The van der Waals surface area contributed by atoms with Crippen molar-refractivity contribution >= 4 is 15.2 Å². The minimum absolute atomic E-state index is 0. The van der Waals surface area contributed by atoms with Crippen molar-refractivity contribution in [2.24, 2.45) is 0 Å². The van der Waals surface area contributed by atoms with Gasteiger partial charge in [0.2, 0.25) is 0 Å². The first-order valence-corrected chi connectivity index (χ1v) is 5.89. The van der Waals surface area contributed by atoms with Crippen LogP contribution in [0.15, 0.2) is 0 Å². The quantitative estimate of drug-likeness (QED) is 0.401. The van der Waals surface area contributed by atoms with Gasteiger partial charge in [0.25, 0.3) is 0 Å². The molecule has 0 unspecified atom stereocenters. The van der Waals surface area contributed by atoms with Crippen LogP contribution in [0.4, 0.5) is 0 Å². The molecule has 68 valence electrons. The average molecular weight is 293 g/mol. The third-order valence-corrected chi connectivity index (χ3v) is 1.83. The molecule has 0 saturated carbocycles. The first-order valence-electron chi connectivity index (χ1n) is 2.44. The summed E-state index contributed by atoms with van der Waals surface area (Å²) in [7, 11) is -9.52. The molecule has 0 aromatic rings. The molecule has 0 fully saturated rings. The van der Waals surface area contributed by atoms with Crippen molar-refractivity contribution in [3.8, 4) is 0 Å². The van der Waals surface area contributed by atoms with Gasteiger partial charge in [0.1, 0.15) is 0 Å². The maximum Gasteiger partial charge on any atom is 1.00 e. The van der Waals surface area contributed by atoms with E-state index >= 15 is 0 Å². The molecule has 0 aromatic carbocycles. The van der Waals surface area contributed by atoms with Crippen LogP contribution in [0.2, 0.25) is 0 Å². The van der Waals surface area contributed by atoms with Crippen LogP contribution in [0, 0.1) is 0 Å². The Morgan fingerprint density at radius 2 is 0.933 bits per heavy atom. The van der Waals surface area contributed by atoms with E-state index in [1.807, 2.05) is 0 Å². The first kappa shape index (κ1) is 31.6. The third kappa shape index (κ3) is 32.1. The van der Waals surface area contributed by atoms with E-state index < -0.39 is 27.8 Å². The van der Waals surface area contributed by atoms with Crippen LogP contribution in [0.5, 0.6) is 0 Å². The molecule has 0 saturated heterocycles. The minimum atomic E-state index is -4.76. The van der Waals surface area contributed by atoms with Crippen LogP contribution in [-0.4, -0.2) is 12.6 Å². The van der Waals surface area contributed by atoms with Crippen LogP contribution < -0.4 is 143 Å². The molecule has 0 aliphatic heterocycles. The second-order valence-electron chi connectivity index (χ2n) is 1.79. The third-order valence-electron chi connectivity index (χ3n) is 0.611. The Kier molecular flexibility index (Phi) is 30.9. The van der Waals surface area contributed by atoms with E-state index in [2.05, 4.69) is 0 Å². The molecule has 7 nitrogen and oxygen atoms in total. The molecule has 0 aliphatic carbocycles. The van der Waals surface area contributed by atoms with E-state index in [4.69, 9.17) is 0 Å². The topological polar surface area (TPSA) is 138 Å². The van der Waals surface area contributed by atoms with Crippen molar-refractivity contribution in [2.75, 3.05) is 12.6 Å². The molecule has 0 aliphatic rings.